The molecule has 1 aromatic rings. The Morgan fingerprint density at radius 1 is 1.60 bits per heavy atom. The maximum Gasteiger partial charge on any atom is 0.375 e. The lowest BCUT2D eigenvalue weighted by molar-refractivity contribution is 0.0649. The highest BCUT2D eigenvalue weighted by molar-refractivity contribution is 7.91. The van der Waals surface area contributed by atoms with E-state index in [9.17, 15) is 13.2 Å². The molecule has 15 heavy (non-hydrogen) atoms. The molecular formula is C8H9NO5S. The first-order valence-corrected chi connectivity index (χ1v) is 6.20. The Morgan fingerprint density at radius 3 is 2.87 bits per heavy atom. The molecule has 1 aliphatic heterocycles. The number of aromatic carboxylic acids is 1. The van der Waals surface area contributed by atoms with Crippen LogP contribution in [0.5, 0.6) is 0 Å². The first-order chi connectivity index (χ1) is 6.99. The van der Waals surface area contributed by atoms with Gasteiger partial charge in [-0.3, -0.25) is 0 Å². The van der Waals surface area contributed by atoms with Crippen molar-refractivity contribution in [2.45, 2.75) is 12.3 Å². The van der Waals surface area contributed by atoms with Crippen LogP contribution in [-0.2, 0) is 9.84 Å². The lowest BCUT2D eigenvalue weighted by atomic mass is 10.00. The predicted octanol–water partition coefficient (Wildman–Crippen LogP) is 0.275. The van der Waals surface area contributed by atoms with Gasteiger partial charge in [0.25, 0.3) is 0 Å². The normalized spacial score (nSPS) is 24.1. The van der Waals surface area contributed by atoms with Crippen molar-refractivity contribution in [1.29, 1.82) is 0 Å². The maximum absolute atomic E-state index is 11.2. The van der Waals surface area contributed by atoms with Gasteiger partial charge in [-0.1, -0.05) is 5.16 Å². The number of hydrogen-bond donors (Lipinski definition) is 1. The number of carboxylic acids is 1. The molecule has 0 bridgehead atoms. The van der Waals surface area contributed by atoms with Gasteiger partial charge in [0.2, 0.25) is 5.76 Å². The van der Waals surface area contributed by atoms with Gasteiger partial charge in [0.1, 0.15) is 0 Å². The molecule has 1 unspecified atom stereocenters. The lowest BCUT2D eigenvalue weighted by Gasteiger charge is -2.03. The van der Waals surface area contributed by atoms with E-state index in [0.29, 0.717) is 12.0 Å². The van der Waals surface area contributed by atoms with Crippen LogP contribution in [0.2, 0.25) is 0 Å². The van der Waals surface area contributed by atoms with Gasteiger partial charge in [-0.15, -0.1) is 0 Å². The van der Waals surface area contributed by atoms with Crippen LogP contribution in [-0.4, -0.2) is 36.2 Å². The molecule has 2 heterocycles. The van der Waals surface area contributed by atoms with Crippen molar-refractivity contribution in [3.63, 3.8) is 0 Å². The summed E-state index contributed by atoms with van der Waals surface area (Å²) < 4.78 is 27.0. The summed E-state index contributed by atoms with van der Waals surface area (Å²) in [5, 5.41) is 12.1. The van der Waals surface area contributed by atoms with Crippen LogP contribution in [0.4, 0.5) is 0 Å². The molecule has 0 aliphatic carbocycles. The summed E-state index contributed by atoms with van der Waals surface area (Å²) in [5.74, 6) is -1.69. The summed E-state index contributed by atoms with van der Waals surface area (Å²) in [5.41, 5.74) is 0.378. The maximum atomic E-state index is 11.2. The minimum atomic E-state index is -3.03. The Labute approximate surface area is 85.8 Å². The van der Waals surface area contributed by atoms with Crippen molar-refractivity contribution in [2.75, 3.05) is 11.5 Å². The van der Waals surface area contributed by atoms with E-state index >= 15 is 0 Å². The Balaban J connectivity index is 2.32. The standard InChI is InChI=1S/C8H9NO5S/c10-8(11)7-6(3-9-14-7)5-1-2-15(12,13)4-5/h3,5H,1-2,4H2,(H,10,11). The quantitative estimate of drug-likeness (QED) is 0.784. The number of nitrogens with zero attached hydrogens (tertiary/aromatic N) is 1. The Bertz CT molecular complexity index is 489. The molecule has 0 radical (unpaired) electrons. The first kappa shape index (κ1) is 10.2. The van der Waals surface area contributed by atoms with Crippen molar-refractivity contribution in [3.8, 4) is 0 Å². The van der Waals surface area contributed by atoms with Crippen LogP contribution in [0, 0.1) is 0 Å². The summed E-state index contributed by atoms with van der Waals surface area (Å²) in [7, 11) is -3.03. The molecule has 1 fully saturated rings. The fourth-order valence-corrected chi connectivity index (χ4v) is 3.51. The highest BCUT2D eigenvalue weighted by Gasteiger charge is 2.33. The summed E-state index contributed by atoms with van der Waals surface area (Å²) in [4.78, 5) is 10.7. The van der Waals surface area contributed by atoms with E-state index in [0.717, 1.165) is 0 Å². The van der Waals surface area contributed by atoms with Crippen molar-refractivity contribution >= 4 is 15.8 Å². The molecular weight excluding hydrogens is 222 g/mol. The Kier molecular flexibility index (Phi) is 2.26. The van der Waals surface area contributed by atoms with Gasteiger partial charge >= 0.3 is 5.97 Å². The van der Waals surface area contributed by atoms with E-state index in [4.69, 9.17) is 5.11 Å². The van der Waals surface area contributed by atoms with Crippen LogP contribution >= 0.6 is 0 Å². The van der Waals surface area contributed by atoms with Crippen molar-refractivity contribution in [2.24, 2.45) is 0 Å². The minimum absolute atomic E-state index is 0.0194. The summed E-state index contributed by atoms with van der Waals surface area (Å²) in [6.07, 6.45) is 1.72. The number of rotatable bonds is 2. The van der Waals surface area contributed by atoms with E-state index in [1.54, 1.807) is 0 Å². The van der Waals surface area contributed by atoms with E-state index in [1.165, 1.54) is 6.20 Å². The molecule has 2 rings (SSSR count). The number of carbonyl (C=O) groups is 1. The van der Waals surface area contributed by atoms with Gasteiger partial charge in [-0.25, -0.2) is 13.2 Å². The smallest absolute Gasteiger partial charge is 0.375 e. The summed E-state index contributed by atoms with van der Waals surface area (Å²) in [6.45, 7) is 0. The highest BCUT2D eigenvalue weighted by Crippen LogP contribution is 2.30. The molecule has 1 saturated heterocycles. The molecule has 1 aromatic heterocycles. The van der Waals surface area contributed by atoms with Crippen LogP contribution in [0.1, 0.15) is 28.5 Å². The Morgan fingerprint density at radius 2 is 2.33 bits per heavy atom. The van der Waals surface area contributed by atoms with E-state index in [2.05, 4.69) is 9.68 Å². The Hall–Kier alpha value is -1.37. The molecule has 1 atom stereocenters. The van der Waals surface area contributed by atoms with Gasteiger partial charge in [-0.2, -0.15) is 0 Å². The second kappa shape index (κ2) is 3.34. The average molecular weight is 231 g/mol. The fourth-order valence-electron chi connectivity index (χ4n) is 1.74. The molecule has 7 heteroatoms. The third kappa shape index (κ3) is 1.87. The average Bonchev–Trinajstić information content (AvgIpc) is 2.69. The van der Waals surface area contributed by atoms with Gasteiger partial charge in [0, 0.05) is 11.5 Å². The van der Waals surface area contributed by atoms with Crippen LogP contribution < -0.4 is 0 Å². The van der Waals surface area contributed by atoms with E-state index in [1.807, 2.05) is 0 Å². The number of aromatic nitrogens is 1. The van der Waals surface area contributed by atoms with Crippen molar-refractivity contribution in [1.82, 2.24) is 5.16 Å². The predicted molar refractivity (Wildman–Crippen MR) is 49.5 cm³/mol. The number of carboxylic acid groups (broad SMARTS) is 1. The molecule has 1 aliphatic rings. The van der Waals surface area contributed by atoms with Crippen LogP contribution in [0.3, 0.4) is 0 Å². The second-order valence-electron chi connectivity index (χ2n) is 3.52. The molecule has 0 aromatic carbocycles. The van der Waals surface area contributed by atoms with Crippen LogP contribution in [0.25, 0.3) is 0 Å². The molecule has 0 amide bonds. The first-order valence-electron chi connectivity index (χ1n) is 4.38. The lowest BCUT2D eigenvalue weighted by Crippen LogP contribution is -2.07. The SMILES string of the molecule is O=C(O)c1oncc1C1CCS(=O)(=O)C1. The number of hydrogen-bond acceptors (Lipinski definition) is 5. The minimum Gasteiger partial charge on any atom is -0.475 e. The zero-order valence-corrected chi connectivity index (χ0v) is 8.53. The van der Waals surface area contributed by atoms with Gasteiger partial charge in [0.05, 0.1) is 17.7 Å². The molecule has 6 nitrogen and oxygen atoms in total. The fraction of sp³-hybridized carbons (Fsp3) is 0.500. The molecule has 1 N–H and O–H groups in total. The van der Waals surface area contributed by atoms with E-state index in [-0.39, 0.29) is 23.2 Å². The van der Waals surface area contributed by atoms with Gasteiger partial charge < -0.3 is 9.63 Å². The third-order valence-corrected chi connectivity index (χ3v) is 4.23. The van der Waals surface area contributed by atoms with Crippen molar-refractivity contribution < 1.29 is 22.8 Å². The molecule has 82 valence electrons. The van der Waals surface area contributed by atoms with Gasteiger partial charge in [0.15, 0.2) is 9.84 Å². The monoisotopic (exact) mass is 231 g/mol. The van der Waals surface area contributed by atoms with E-state index < -0.39 is 15.8 Å². The zero-order valence-electron chi connectivity index (χ0n) is 7.71. The van der Waals surface area contributed by atoms with Crippen LogP contribution in [0.15, 0.2) is 10.7 Å². The second-order valence-corrected chi connectivity index (χ2v) is 5.74. The topological polar surface area (TPSA) is 97.5 Å². The number of sulfone groups is 1. The highest BCUT2D eigenvalue weighted by atomic mass is 32.2. The molecule has 0 saturated carbocycles. The third-order valence-electron chi connectivity index (χ3n) is 2.46. The largest absolute Gasteiger partial charge is 0.475 e. The van der Waals surface area contributed by atoms with Crippen molar-refractivity contribution in [3.05, 3.63) is 17.5 Å². The molecule has 0 spiro atoms. The van der Waals surface area contributed by atoms with Gasteiger partial charge in [-0.05, 0) is 6.42 Å². The summed E-state index contributed by atoms with van der Waals surface area (Å²) >= 11 is 0. The summed E-state index contributed by atoms with van der Waals surface area (Å²) in [6, 6.07) is 0. The zero-order chi connectivity index (χ0) is 11.1.